The molecule has 0 fully saturated rings. The van der Waals surface area contributed by atoms with Crippen molar-refractivity contribution in [1.82, 2.24) is 9.38 Å². The third-order valence-corrected chi connectivity index (χ3v) is 4.03. The summed E-state index contributed by atoms with van der Waals surface area (Å²) in [5, 5.41) is 2.47. The Hall–Kier alpha value is -3.07. The Bertz CT molecular complexity index is 999. The van der Waals surface area contributed by atoms with Gasteiger partial charge in [-0.05, 0) is 37.3 Å². The van der Waals surface area contributed by atoms with Crippen molar-refractivity contribution in [2.75, 3.05) is 25.6 Å². The molecule has 0 saturated heterocycles. The molecule has 9 heteroatoms. The molecule has 0 bridgehead atoms. The predicted molar refractivity (Wildman–Crippen MR) is 96.7 cm³/mol. The zero-order chi connectivity index (χ0) is 20.3. The van der Waals surface area contributed by atoms with Gasteiger partial charge in [0.15, 0.2) is 0 Å². The van der Waals surface area contributed by atoms with Gasteiger partial charge < -0.3 is 19.2 Å². The van der Waals surface area contributed by atoms with E-state index < -0.39 is 17.6 Å². The number of carbonyl (C=O) groups is 1. The normalized spacial score (nSPS) is 11.6. The number of fused-ring (bicyclic) bond motifs is 1. The molecular weight excluding hydrogens is 375 g/mol. The highest BCUT2D eigenvalue weighted by atomic mass is 19.4. The zero-order valence-electron chi connectivity index (χ0n) is 15.2. The molecular formula is C19H18F3N3O3. The van der Waals surface area contributed by atoms with E-state index in [0.29, 0.717) is 5.65 Å². The largest absolute Gasteiger partial charge is 0.489 e. The Balaban J connectivity index is 1.91. The van der Waals surface area contributed by atoms with Gasteiger partial charge in [-0.25, -0.2) is 4.98 Å². The molecule has 2 heterocycles. The molecule has 3 aromatic rings. The van der Waals surface area contributed by atoms with E-state index in [2.05, 4.69) is 10.3 Å². The molecule has 28 heavy (non-hydrogen) atoms. The molecule has 148 valence electrons. The van der Waals surface area contributed by atoms with Crippen LogP contribution in [-0.4, -0.2) is 35.6 Å². The molecule has 0 unspecified atom stereocenters. The van der Waals surface area contributed by atoms with E-state index in [4.69, 9.17) is 9.47 Å². The number of halogens is 3. The minimum Gasteiger partial charge on any atom is -0.489 e. The van der Waals surface area contributed by atoms with Gasteiger partial charge in [0.1, 0.15) is 23.7 Å². The lowest BCUT2D eigenvalue weighted by Gasteiger charge is -2.15. The fourth-order valence-electron chi connectivity index (χ4n) is 2.61. The van der Waals surface area contributed by atoms with Crippen molar-refractivity contribution in [3.8, 4) is 5.75 Å². The Labute approximate surface area is 158 Å². The number of hydrogen-bond acceptors (Lipinski definition) is 4. The number of aryl methyl sites for hydroxylation is 1. The number of carbonyl (C=O) groups excluding carboxylic acids is 1. The zero-order valence-corrected chi connectivity index (χ0v) is 15.2. The number of amides is 1. The van der Waals surface area contributed by atoms with Crippen LogP contribution in [0.3, 0.4) is 0 Å². The number of nitrogens with zero attached hydrogens (tertiary/aromatic N) is 2. The van der Waals surface area contributed by atoms with Crippen LogP contribution in [0.15, 0.2) is 42.6 Å². The van der Waals surface area contributed by atoms with E-state index in [0.717, 1.165) is 17.8 Å². The van der Waals surface area contributed by atoms with E-state index in [1.54, 1.807) is 16.5 Å². The summed E-state index contributed by atoms with van der Waals surface area (Å²) < 4.78 is 51.2. The number of pyridine rings is 1. The van der Waals surface area contributed by atoms with Crippen molar-refractivity contribution >= 4 is 17.2 Å². The number of imidazole rings is 1. The molecule has 2 aromatic heterocycles. The SMILES string of the molecule is COCCOc1ccc(C(F)(F)F)cc1NC(=O)c1cn2c(C)cccc2n1. The van der Waals surface area contributed by atoms with E-state index >= 15 is 0 Å². The summed E-state index contributed by atoms with van der Waals surface area (Å²) in [7, 11) is 1.48. The number of nitrogens with one attached hydrogen (secondary N) is 1. The second-order valence-corrected chi connectivity index (χ2v) is 6.03. The third kappa shape index (κ3) is 4.25. The van der Waals surface area contributed by atoms with Crippen LogP contribution in [0.1, 0.15) is 21.7 Å². The van der Waals surface area contributed by atoms with Crippen molar-refractivity contribution < 1.29 is 27.4 Å². The van der Waals surface area contributed by atoms with Gasteiger partial charge in [-0.3, -0.25) is 4.79 Å². The molecule has 0 radical (unpaired) electrons. The Kier molecular flexibility index (Phi) is 5.55. The molecule has 0 saturated carbocycles. The van der Waals surface area contributed by atoms with Gasteiger partial charge in [0.2, 0.25) is 0 Å². The molecule has 0 aliphatic heterocycles. The predicted octanol–water partition coefficient (Wildman–Crippen LogP) is 3.94. The summed E-state index contributed by atoms with van der Waals surface area (Å²) in [4.78, 5) is 16.8. The summed E-state index contributed by atoms with van der Waals surface area (Å²) in [5.41, 5.74) is 0.518. The number of anilines is 1. The molecule has 6 nitrogen and oxygen atoms in total. The number of alkyl halides is 3. The Morgan fingerprint density at radius 1 is 1.21 bits per heavy atom. The molecule has 0 aliphatic rings. The van der Waals surface area contributed by atoms with Crippen LogP contribution >= 0.6 is 0 Å². The average Bonchev–Trinajstić information content (AvgIpc) is 3.08. The van der Waals surface area contributed by atoms with Crippen molar-refractivity contribution in [2.45, 2.75) is 13.1 Å². The van der Waals surface area contributed by atoms with Gasteiger partial charge in [-0.15, -0.1) is 0 Å². The summed E-state index contributed by atoms with van der Waals surface area (Å²) in [6.07, 6.45) is -3.02. The molecule has 0 atom stereocenters. The lowest BCUT2D eigenvalue weighted by Crippen LogP contribution is -2.15. The molecule has 3 rings (SSSR count). The highest BCUT2D eigenvalue weighted by Gasteiger charge is 2.31. The fraction of sp³-hybridized carbons (Fsp3) is 0.263. The van der Waals surface area contributed by atoms with Gasteiger partial charge in [0.05, 0.1) is 17.9 Å². The first kappa shape index (κ1) is 19.7. The molecule has 1 aromatic carbocycles. The highest BCUT2D eigenvalue weighted by Crippen LogP contribution is 2.35. The first-order chi connectivity index (χ1) is 13.3. The summed E-state index contributed by atoms with van der Waals surface area (Å²) in [5.74, 6) is -0.530. The summed E-state index contributed by atoms with van der Waals surface area (Å²) in [6.45, 7) is 2.23. The minimum absolute atomic E-state index is 0.0783. The maximum atomic E-state index is 13.1. The first-order valence-corrected chi connectivity index (χ1v) is 8.38. The first-order valence-electron chi connectivity index (χ1n) is 8.38. The maximum absolute atomic E-state index is 13.1. The fourth-order valence-corrected chi connectivity index (χ4v) is 2.61. The van der Waals surface area contributed by atoms with Gasteiger partial charge in [0.25, 0.3) is 5.91 Å². The van der Waals surface area contributed by atoms with Crippen LogP contribution in [0.5, 0.6) is 5.75 Å². The standard InChI is InChI=1S/C19H18F3N3O3/c1-12-4-3-5-17-23-15(11-25(12)17)18(26)24-14-10-13(19(20,21)22)6-7-16(14)28-9-8-27-2/h3-7,10-11H,8-9H2,1-2H3,(H,24,26). The summed E-state index contributed by atoms with van der Waals surface area (Å²) >= 11 is 0. The lowest BCUT2D eigenvalue weighted by molar-refractivity contribution is -0.137. The average molecular weight is 393 g/mol. The number of ether oxygens (including phenoxy) is 2. The minimum atomic E-state index is -4.55. The lowest BCUT2D eigenvalue weighted by atomic mass is 10.1. The van der Waals surface area contributed by atoms with Gasteiger partial charge in [0, 0.05) is 19.0 Å². The molecule has 1 N–H and O–H groups in total. The maximum Gasteiger partial charge on any atom is 0.416 e. The quantitative estimate of drug-likeness (QED) is 0.645. The number of benzene rings is 1. The van der Waals surface area contributed by atoms with E-state index in [1.807, 2.05) is 13.0 Å². The van der Waals surface area contributed by atoms with Crippen molar-refractivity contribution in [1.29, 1.82) is 0 Å². The van der Waals surface area contributed by atoms with Crippen LogP contribution in [0, 0.1) is 6.92 Å². The molecule has 0 aliphatic carbocycles. The van der Waals surface area contributed by atoms with Crippen LogP contribution in [0.2, 0.25) is 0 Å². The van der Waals surface area contributed by atoms with E-state index in [-0.39, 0.29) is 30.3 Å². The second kappa shape index (κ2) is 7.89. The van der Waals surface area contributed by atoms with Gasteiger partial charge >= 0.3 is 6.18 Å². The van der Waals surface area contributed by atoms with Crippen LogP contribution in [0.25, 0.3) is 5.65 Å². The molecule has 1 amide bonds. The summed E-state index contributed by atoms with van der Waals surface area (Å²) in [6, 6.07) is 8.28. The van der Waals surface area contributed by atoms with Crippen molar-refractivity contribution in [3.05, 3.63) is 59.5 Å². The highest BCUT2D eigenvalue weighted by molar-refractivity contribution is 6.04. The number of hydrogen-bond donors (Lipinski definition) is 1. The Morgan fingerprint density at radius 2 is 2.00 bits per heavy atom. The molecule has 0 spiro atoms. The topological polar surface area (TPSA) is 64.9 Å². The second-order valence-electron chi connectivity index (χ2n) is 6.03. The van der Waals surface area contributed by atoms with Crippen LogP contribution < -0.4 is 10.1 Å². The van der Waals surface area contributed by atoms with E-state index in [1.165, 1.54) is 19.4 Å². The number of aromatic nitrogens is 2. The third-order valence-electron chi connectivity index (χ3n) is 4.03. The smallest absolute Gasteiger partial charge is 0.416 e. The number of rotatable bonds is 6. The van der Waals surface area contributed by atoms with Crippen molar-refractivity contribution in [3.63, 3.8) is 0 Å². The monoisotopic (exact) mass is 393 g/mol. The van der Waals surface area contributed by atoms with Gasteiger partial charge in [-0.1, -0.05) is 6.07 Å². The van der Waals surface area contributed by atoms with Crippen LogP contribution in [-0.2, 0) is 10.9 Å². The Morgan fingerprint density at radius 3 is 2.68 bits per heavy atom. The van der Waals surface area contributed by atoms with Gasteiger partial charge in [-0.2, -0.15) is 13.2 Å². The van der Waals surface area contributed by atoms with Crippen LogP contribution in [0.4, 0.5) is 18.9 Å². The van der Waals surface area contributed by atoms with Crippen molar-refractivity contribution in [2.24, 2.45) is 0 Å². The van der Waals surface area contributed by atoms with E-state index in [9.17, 15) is 18.0 Å². The number of methoxy groups -OCH3 is 1.